The minimum atomic E-state index is -0.0833. The third-order valence-electron chi connectivity index (χ3n) is 4.49. The first-order valence-electron chi connectivity index (χ1n) is 8.09. The van der Waals surface area contributed by atoms with Crippen LogP contribution >= 0.6 is 0 Å². The average Bonchev–Trinajstić information content (AvgIpc) is 3.08. The molecule has 126 valence electrons. The molecule has 0 bridgehead atoms. The molecular weight excluding hydrogens is 372 g/mol. The van der Waals surface area contributed by atoms with Crippen molar-refractivity contribution in [1.82, 2.24) is 0 Å². The number of hydrogen-bond donors (Lipinski definition) is 0. The van der Waals surface area contributed by atoms with Crippen LogP contribution in [-0.4, -0.2) is 8.80 Å². The summed E-state index contributed by atoms with van der Waals surface area (Å²) >= 11 is 0. The molecule has 0 aliphatic heterocycles. The Kier molecular flexibility index (Phi) is 14.5. The van der Waals surface area contributed by atoms with E-state index >= 15 is 0 Å². The molecule has 0 aromatic heterocycles. The zero-order chi connectivity index (χ0) is 14.4. The van der Waals surface area contributed by atoms with E-state index in [4.69, 9.17) is 0 Å². The van der Waals surface area contributed by atoms with Crippen molar-refractivity contribution in [3.8, 4) is 0 Å². The van der Waals surface area contributed by atoms with Gasteiger partial charge in [-0.25, -0.2) is 6.07 Å². The maximum atomic E-state index is 2.46. The van der Waals surface area contributed by atoms with Crippen molar-refractivity contribution >= 4 is 8.80 Å². The minimum absolute atomic E-state index is 0. The Balaban J connectivity index is 0. The molecule has 0 saturated heterocycles. The summed E-state index contributed by atoms with van der Waals surface area (Å²) in [6.45, 7) is 7.11. The Bertz CT molecular complexity index is 442. The molecule has 3 rings (SSSR count). The van der Waals surface area contributed by atoms with Crippen LogP contribution in [0.4, 0.5) is 0 Å². The van der Waals surface area contributed by atoms with Gasteiger partial charge in [0.1, 0.15) is 0 Å². The van der Waals surface area contributed by atoms with Crippen LogP contribution in [0.2, 0.25) is 18.6 Å². The van der Waals surface area contributed by atoms with Gasteiger partial charge in [0.05, 0.1) is 0 Å². The monoisotopic (exact) mass is 404 g/mol. The standard InChI is InChI=1S/C11H17Si.C8H11.2CH3.Zr/c1-12(2)11-8-7-9-5-3-4-6-10(9)11;1-2-5-8-6-3-4-7-8;;;/h3-4,6,9,11H,5,7-8H2,1-2H3;3-4,6-7H,2,5H2,1H3;2*1H3;/q;3*-1;+3. The predicted octanol–water partition coefficient (Wildman–Crippen LogP) is 6.66. The third kappa shape index (κ3) is 7.57. The van der Waals surface area contributed by atoms with Gasteiger partial charge in [-0.1, -0.05) is 56.7 Å². The molecule has 0 nitrogen and oxygen atoms in total. The van der Waals surface area contributed by atoms with Gasteiger partial charge in [-0.3, -0.25) is 0 Å². The van der Waals surface area contributed by atoms with Crippen LogP contribution < -0.4 is 0 Å². The van der Waals surface area contributed by atoms with E-state index in [1.165, 1.54) is 37.7 Å². The van der Waals surface area contributed by atoms with Crippen molar-refractivity contribution < 1.29 is 26.2 Å². The van der Waals surface area contributed by atoms with E-state index in [1.54, 1.807) is 5.57 Å². The van der Waals surface area contributed by atoms with E-state index in [9.17, 15) is 0 Å². The molecule has 0 spiro atoms. The van der Waals surface area contributed by atoms with Gasteiger partial charge in [-0.15, -0.1) is 0 Å². The molecule has 2 aliphatic carbocycles. The van der Waals surface area contributed by atoms with Crippen LogP contribution in [0.25, 0.3) is 0 Å². The van der Waals surface area contributed by atoms with Crippen LogP contribution in [0.5, 0.6) is 0 Å². The van der Waals surface area contributed by atoms with E-state index in [-0.39, 0.29) is 49.9 Å². The van der Waals surface area contributed by atoms with Gasteiger partial charge in [0.25, 0.3) is 0 Å². The molecule has 0 N–H and O–H groups in total. The number of hydrogen-bond acceptors (Lipinski definition) is 0. The van der Waals surface area contributed by atoms with Crippen LogP contribution in [0.15, 0.2) is 48.1 Å². The Morgan fingerprint density at radius 1 is 1.22 bits per heavy atom. The van der Waals surface area contributed by atoms with Crippen molar-refractivity contribution in [3.05, 3.63) is 68.5 Å². The Morgan fingerprint density at radius 2 is 1.96 bits per heavy atom. The van der Waals surface area contributed by atoms with Gasteiger partial charge in [0.15, 0.2) is 0 Å². The molecule has 1 saturated carbocycles. The van der Waals surface area contributed by atoms with Crippen molar-refractivity contribution in [2.24, 2.45) is 5.92 Å². The summed E-state index contributed by atoms with van der Waals surface area (Å²) in [5.41, 5.74) is 4.24. The van der Waals surface area contributed by atoms with Crippen molar-refractivity contribution in [3.63, 3.8) is 0 Å². The SMILES string of the molecule is CCCc1cc[cH-]c1.C[Si](C)C1CCC2CC=CC=C21.[CH3-].[CH3-].[Zr+3]. The summed E-state index contributed by atoms with van der Waals surface area (Å²) in [5, 5.41) is 0. The predicted molar refractivity (Wildman–Crippen MR) is 105 cm³/mol. The molecule has 0 amide bonds. The summed E-state index contributed by atoms with van der Waals surface area (Å²) in [5.74, 6) is 0.930. The van der Waals surface area contributed by atoms with E-state index in [0.29, 0.717) is 0 Å². The molecule has 0 heterocycles. The van der Waals surface area contributed by atoms with Crippen molar-refractivity contribution in [2.75, 3.05) is 0 Å². The van der Waals surface area contributed by atoms with Gasteiger partial charge < -0.3 is 14.9 Å². The van der Waals surface area contributed by atoms with Gasteiger partial charge in [-0.2, -0.15) is 23.8 Å². The maximum absolute atomic E-state index is 2.46. The van der Waals surface area contributed by atoms with Gasteiger partial charge in [0.2, 0.25) is 0 Å². The Hall–Kier alpha value is -0.0700. The first-order valence-corrected chi connectivity index (χ1v) is 10.7. The van der Waals surface area contributed by atoms with Crippen LogP contribution in [0.3, 0.4) is 0 Å². The summed E-state index contributed by atoms with van der Waals surface area (Å²) in [6, 6.07) is 8.52. The average molecular weight is 406 g/mol. The first-order chi connectivity index (χ1) is 9.72. The van der Waals surface area contributed by atoms with E-state index < -0.39 is 0 Å². The fraction of sp³-hybridized carbons (Fsp3) is 0.476. The summed E-state index contributed by atoms with van der Waals surface area (Å²) in [4.78, 5) is 0. The minimum Gasteiger partial charge on any atom is -0.358 e. The third-order valence-corrected chi connectivity index (χ3v) is 6.51. The molecule has 1 aromatic carbocycles. The fourth-order valence-electron chi connectivity index (χ4n) is 3.41. The maximum Gasteiger partial charge on any atom is 3.00 e. The second-order valence-electron chi connectivity index (χ2n) is 6.28. The number of aryl methyl sites for hydroxylation is 1. The summed E-state index contributed by atoms with van der Waals surface area (Å²) < 4.78 is 0. The zero-order valence-electron chi connectivity index (χ0n) is 15.7. The van der Waals surface area contributed by atoms with E-state index in [0.717, 1.165) is 11.5 Å². The zero-order valence-corrected chi connectivity index (χ0v) is 19.2. The molecule has 2 radical (unpaired) electrons. The smallest absolute Gasteiger partial charge is 0.358 e. The molecule has 2 unspecified atom stereocenters. The summed E-state index contributed by atoms with van der Waals surface area (Å²) in [6.07, 6.45) is 13.7. The van der Waals surface area contributed by atoms with Crippen molar-refractivity contribution in [2.45, 2.75) is 57.7 Å². The van der Waals surface area contributed by atoms with E-state index in [1.807, 2.05) is 0 Å². The molecule has 23 heavy (non-hydrogen) atoms. The molecule has 2 heteroatoms. The van der Waals surface area contributed by atoms with E-state index in [2.05, 4.69) is 62.5 Å². The number of rotatable bonds is 3. The van der Waals surface area contributed by atoms with Crippen LogP contribution in [-0.2, 0) is 32.6 Å². The number of allylic oxidation sites excluding steroid dienone is 4. The molecule has 2 aliphatic rings. The Labute approximate surface area is 166 Å². The van der Waals surface area contributed by atoms with Gasteiger partial charge >= 0.3 is 26.2 Å². The molecule has 1 fully saturated rings. The number of fused-ring (bicyclic) bond motifs is 1. The fourth-order valence-corrected chi connectivity index (χ4v) is 5.15. The van der Waals surface area contributed by atoms with Crippen LogP contribution in [0.1, 0.15) is 38.2 Å². The molecule has 1 aromatic rings. The second kappa shape index (κ2) is 13.2. The second-order valence-corrected chi connectivity index (χ2v) is 9.13. The van der Waals surface area contributed by atoms with Crippen LogP contribution in [0, 0.1) is 20.8 Å². The molecular formula is C21H34SiZr. The van der Waals surface area contributed by atoms with Crippen molar-refractivity contribution in [1.29, 1.82) is 0 Å². The summed E-state index contributed by atoms with van der Waals surface area (Å²) in [7, 11) is -0.0833. The topological polar surface area (TPSA) is 0 Å². The molecule has 2 atom stereocenters. The largest absolute Gasteiger partial charge is 3.00 e. The first kappa shape index (κ1) is 25.2. The van der Waals surface area contributed by atoms with Gasteiger partial charge in [0, 0.05) is 8.80 Å². The normalized spacial score (nSPS) is 21.0. The quantitative estimate of drug-likeness (QED) is 0.389. The Morgan fingerprint density at radius 3 is 2.52 bits per heavy atom. The van der Waals surface area contributed by atoms with Gasteiger partial charge in [-0.05, 0) is 30.7 Å².